The van der Waals surface area contributed by atoms with E-state index in [2.05, 4.69) is 179 Å². The monoisotopic (exact) mass is 668 g/mol. The summed E-state index contributed by atoms with van der Waals surface area (Å²) in [7, 11) is 0. The highest BCUT2D eigenvalue weighted by molar-refractivity contribution is 7.26. The molecule has 0 amide bonds. The van der Waals surface area contributed by atoms with Crippen LogP contribution in [0.4, 0.5) is 0 Å². The Morgan fingerprint density at radius 3 is 1.75 bits per heavy atom. The van der Waals surface area contributed by atoms with Gasteiger partial charge in [-0.1, -0.05) is 115 Å². The summed E-state index contributed by atoms with van der Waals surface area (Å²) < 4.78 is 7.19. The lowest BCUT2D eigenvalue weighted by Gasteiger charge is -2.13. The Hall–Kier alpha value is -6.56. The maximum absolute atomic E-state index is 5.44. The smallest absolute Gasteiger partial charge is 0.163 e. The number of hydrogen-bond acceptors (Lipinski definition) is 3. The topological polar surface area (TPSA) is 35.6 Å². The fourth-order valence-corrected chi connectivity index (χ4v) is 9.09. The molecule has 0 aliphatic heterocycles. The van der Waals surface area contributed by atoms with E-state index in [1.165, 1.54) is 52.8 Å². The minimum absolute atomic E-state index is 0.719. The summed E-state index contributed by atoms with van der Waals surface area (Å²) in [6.07, 6.45) is 0. The van der Waals surface area contributed by atoms with Gasteiger partial charge in [0.05, 0.1) is 27.8 Å². The summed E-state index contributed by atoms with van der Waals surface area (Å²) in [5.74, 6) is 1.56. The van der Waals surface area contributed by atoms with Gasteiger partial charge in [0.25, 0.3) is 0 Å². The number of thiophene rings is 1. The minimum atomic E-state index is 0.719. The van der Waals surface area contributed by atoms with Crippen LogP contribution in [0, 0.1) is 0 Å². The number of fused-ring (bicyclic) bond motifs is 9. The Bertz CT molecular complexity index is 3130. The Kier molecular flexibility index (Phi) is 6.09. The van der Waals surface area contributed by atoms with Crippen molar-refractivity contribution < 1.29 is 0 Å². The molecule has 0 bridgehead atoms. The molecule has 0 unspecified atom stereocenters. The molecule has 0 aliphatic carbocycles. The Morgan fingerprint density at radius 1 is 0.412 bits per heavy atom. The summed E-state index contributed by atoms with van der Waals surface area (Å²) in [6.45, 7) is 0. The molecule has 5 heteroatoms. The lowest BCUT2D eigenvalue weighted by molar-refractivity contribution is 1.05. The first-order chi connectivity index (χ1) is 25.3. The highest BCUT2D eigenvalue weighted by Gasteiger charge is 2.21. The largest absolute Gasteiger partial charge is 0.309 e. The van der Waals surface area contributed by atoms with Crippen LogP contribution >= 0.6 is 11.3 Å². The number of rotatable bonds is 4. The summed E-state index contributed by atoms with van der Waals surface area (Å²) in [5.41, 5.74) is 8.73. The molecule has 11 rings (SSSR count). The number of para-hydroxylation sites is 3. The highest BCUT2D eigenvalue weighted by atomic mass is 32.1. The number of hydrogen-bond donors (Lipinski definition) is 0. The molecule has 11 aromatic rings. The molecule has 0 saturated carbocycles. The lowest BCUT2D eigenvalue weighted by Crippen LogP contribution is -2.02. The summed E-state index contributed by atoms with van der Waals surface area (Å²) in [6, 6.07) is 60.5. The molecule has 4 aromatic heterocycles. The minimum Gasteiger partial charge on any atom is -0.309 e. The Balaban J connectivity index is 1.24. The van der Waals surface area contributed by atoms with Crippen LogP contribution in [0.1, 0.15) is 0 Å². The SMILES string of the molecule is c1ccc(-c2cc(-n3c4ccccc4c4cc5c(cc43)c3ccccc3n5-c3ccccc3)nc(-c3cccc4c3sc3ccccc34)n2)cc1. The third-order valence-electron chi connectivity index (χ3n) is 10.1. The van der Waals surface area contributed by atoms with E-state index in [0.717, 1.165) is 45.2 Å². The standard InChI is InChI=1S/C46H28N4S/c1-3-14-29(15-4-1)38-28-44(48-46(47-38)35-22-13-21-34-33-20-9-12-25-43(33)51-45(34)35)50-40-24-11-8-19-32(40)37-26-41-36(27-42(37)50)31-18-7-10-23-39(31)49(41)30-16-5-2-6-17-30/h1-28H. The van der Waals surface area contributed by atoms with Gasteiger partial charge in [0.15, 0.2) is 5.82 Å². The molecule has 4 heterocycles. The quantitative estimate of drug-likeness (QED) is 0.187. The van der Waals surface area contributed by atoms with Gasteiger partial charge < -0.3 is 4.57 Å². The van der Waals surface area contributed by atoms with Gasteiger partial charge in [-0.15, -0.1) is 11.3 Å². The summed E-state index contributed by atoms with van der Waals surface area (Å²) in [5, 5.41) is 7.30. The van der Waals surface area contributed by atoms with Crippen LogP contribution in [0.25, 0.3) is 97.9 Å². The van der Waals surface area contributed by atoms with Gasteiger partial charge in [0, 0.05) is 64.6 Å². The van der Waals surface area contributed by atoms with Crippen LogP contribution in [0.3, 0.4) is 0 Å². The molecular formula is C46H28N4S. The van der Waals surface area contributed by atoms with E-state index in [-0.39, 0.29) is 0 Å². The van der Waals surface area contributed by atoms with Crippen LogP contribution in [0.2, 0.25) is 0 Å². The Labute approximate surface area is 297 Å². The van der Waals surface area contributed by atoms with Crippen molar-refractivity contribution >= 4 is 75.1 Å². The van der Waals surface area contributed by atoms with Gasteiger partial charge in [-0.05, 0) is 48.5 Å². The molecule has 0 N–H and O–H groups in total. The van der Waals surface area contributed by atoms with E-state index in [4.69, 9.17) is 9.97 Å². The Morgan fingerprint density at radius 2 is 1.00 bits per heavy atom. The molecule has 51 heavy (non-hydrogen) atoms. The van der Waals surface area contributed by atoms with Crippen LogP contribution in [0.5, 0.6) is 0 Å². The molecule has 238 valence electrons. The first-order valence-corrected chi connectivity index (χ1v) is 18.0. The van der Waals surface area contributed by atoms with Gasteiger partial charge in [-0.25, -0.2) is 9.97 Å². The van der Waals surface area contributed by atoms with Gasteiger partial charge >= 0.3 is 0 Å². The van der Waals surface area contributed by atoms with Crippen molar-refractivity contribution in [3.05, 3.63) is 170 Å². The fourth-order valence-electron chi connectivity index (χ4n) is 7.88. The van der Waals surface area contributed by atoms with E-state index in [1.807, 2.05) is 11.3 Å². The van der Waals surface area contributed by atoms with E-state index < -0.39 is 0 Å². The highest BCUT2D eigenvalue weighted by Crippen LogP contribution is 2.42. The fraction of sp³-hybridized carbons (Fsp3) is 0. The van der Waals surface area contributed by atoms with Gasteiger partial charge in [0.2, 0.25) is 0 Å². The van der Waals surface area contributed by atoms with Crippen LogP contribution in [-0.4, -0.2) is 19.1 Å². The van der Waals surface area contributed by atoms with Gasteiger partial charge in [-0.3, -0.25) is 4.57 Å². The van der Waals surface area contributed by atoms with E-state index in [9.17, 15) is 0 Å². The molecule has 0 fully saturated rings. The zero-order chi connectivity index (χ0) is 33.5. The van der Waals surface area contributed by atoms with Crippen molar-refractivity contribution in [1.82, 2.24) is 19.1 Å². The second kappa shape index (κ2) is 11.0. The molecule has 4 nitrogen and oxygen atoms in total. The maximum Gasteiger partial charge on any atom is 0.163 e. The maximum atomic E-state index is 5.44. The third-order valence-corrected chi connectivity index (χ3v) is 11.4. The zero-order valence-electron chi connectivity index (χ0n) is 27.4. The molecule has 7 aromatic carbocycles. The van der Waals surface area contributed by atoms with Crippen molar-refractivity contribution in [1.29, 1.82) is 0 Å². The second-order valence-corrected chi connectivity index (χ2v) is 14.1. The van der Waals surface area contributed by atoms with Crippen LogP contribution < -0.4 is 0 Å². The third kappa shape index (κ3) is 4.25. The first-order valence-electron chi connectivity index (χ1n) is 17.2. The number of nitrogens with zero attached hydrogens (tertiary/aromatic N) is 4. The van der Waals surface area contributed by atoms with E-state index in [1.54, 1.807) is 0 Å². The van der Waals surface area contributed by atoms with Crippen LogP contribution in [0.15, 0.2) is 170 Å². The molecule has 0 aliphatic rings. The predicted octanol–water partition coefficient (Wildman–Crippen LogP) is 12.4. The lowest BCUT2D eigenvalue weighted by atomic mass is 10.1. The van der Waals surface area contributed by atoms with E-state index >= 15 is 0 Å². The van der Waals surface area contributed by atoms with Crippen LogP contribution in [-0.2, 0) is 0 Å². The number of benzene rings is 7. The second-order valence-electron chi connectivity index (χ2n) is 13.0. The average Bonchev–Trinajstić information content (AvgIpc) is 3.85. The van der Waals surface area contributed by atoms with Crippen molar-refractivity contribution in [2.24, 2.45) is 0 Å². The number of aromatic nitrogens is 4. The summed E-state index contributed by atoms with van der Waals surface area (Å²) >= 11 is 1.81. The van der Waals surface area contributed by atoms with Crippen molar-refractivity contribution in [2.75, 3.05) is 0 Å². The first kappa shape index (κ1) is 28.3. The van der Waals surface area contributed by atoms with Crippen molar-refractivity contribution in [2.45, 2.75) is 0 Å². The molecular weight excluding hydrogens is 641 g/mol. The zero-order valence-corrected chi connectivity index (χ0v) is 28.2. The average molecular weight is 669 g/mol. The molecule has 0 atom stereocenters. The van der Waals surface area contributed by atoms with Crippen molar-refractivity contribution in [3.63, 3.8) is 0 Å². The van der Waals surface area contributed by atoms with Crippen molar-refractivity contribution in [3.8, 4) is 34.2 Å². The van der Waals surface area contributed by atoms with Gasteiger partial charge in [0.1, 0.15) is 5.82 Å². The molecule has 0 saturated heterocycles. The predicted molar refractivity (Wildman–Crippen MR) is 214 cm³/mol. The summed E-state index contributed by atoms with van der Waals surface area (Å²) in [4.78, 5) is 10.7. The normalized spacial score (nSPS) is 11.9. The van der Waals surface area contributed by atoms with Gasteiger partial charge in [-0.2, -0.15) is 0 Å². The molecule has 0 spiro atoms. The molecule has 0 radical (unpaired) electrons. The van der Waals surface area contributed by atoms with E-state index in [0.29, 0.717) is 0 Å².